The van der Waals surface area contributed by atoms with Gasteiger partial charge in [-0.15, -0.1) is 6.42 Å². The van der Waals surface area contributed by atoms with Gasteiger partial charge >= 0.3 is 0 Å². The summed E-state index contributed by atoms with van der Waals surface area (Å²) in [6.45, 7) is 3.60. The van der Waals surface area contributed by atoms with E-state index in [9.17, 15) is 4.79 Å². The van der Waals surface area contributed by atoms with Crippen molar-refractivity contribution < 1.29 is 4.79 Å². The lowest BCUT2D eigenvalue weighted by atomic mass is 9.89. The maximum absolute atomic E-state index is 13.3. The minimum absolute atomic E-state index is 0.0760. The number of hydrogen-bond donors (Lipinski definition) is 1. The largest absolute Gasteiger partial charge is 0.357 e. The second-order valence-corrected chi connectivity index (χ2v) is 9.75. The molecule has 2 fully saturated rings. The molecule has 1 amide bonds. The minimum atomic E-state index is 0.0760. The van der Waals surface area contributed by atoms with Crippen molar-refractivity contribution in [2.75, 3.05) is 31.1 Å². The molecule has 0 spiro atoms. The molecule has 180 valence electrons. The summed E-state index contributed by atoms with van der Waals surface area (Å²) in [7, 11) is 0. The first kappa shape index (κ1) is 22.4. The third-order valence-electron chi connectivity index (χ3n) is 7.50. The topological polar surface area (TPSA) is 65.1 Å². The fourth-order valence-corrected chi connectivity index (χ4v) is 5.40. The number of fused-ring (bicyclic) bond motifs is 1. The van der Waals surface area contributed by atoms with Gasteiger partial charge in [0.1, 0.15) is 11.6 Å². The Morgan fingerprint density at radius 1 is 1.00 bits per heavy atom. The highest BCUT2D eigenvalue weighted by atomic mass is 16.2. The van der Waals surface area contributed by atoms with E-state index in [-0.39, 0.29) is 5.91 Å². The van der Waals surface area contributed by atoms with Gasteiger partial charge in [-0.1, -0.05) is 30.2 Å². The molecule has 0 bridgehead atoms. The number of rotatable bonds is 4. The monoisotopic (exact) mass is 475 g/mol. The number of nitrogens with one attached hydrogen (secondary N) is 1. The van der Waals surface area contributed by atoms with E-state index in [0.29, 0.717) is 11.5 Å². The van der Waals surface area contributed by atoms with E-state index >= 15 is 0 Å². The summed E-state index contributed by atoms with van der Waals surface area (Å²) in [4.78, 5) is 30.4. The standard InChI is InChI=1S/C30H29N5O/c1-2-21-8-10-22(11-9-21)23-12-16-35(17-13-23)30(36)25-7-5-6-24(18-25)29-32-26-19-28(31-20-27(26)33-29)34-14-3-4-15-34/h1,5-11,18-20,23H,3-4,12-17H2,(H,32,33). The van der Waals surface area contributed by atoms with Crippen LogP contribution in [0.1, 0.15) is 53.1 Å². The molecule has 36 heavy (non-hydrogen) atoms. The van der Waals surface area contributed by atoms with E-state index in [2.05, 4.69) is 39.0 Å². The van der Waals surface area contributed by atoms with Gasteiger partial charge in [-0.05, 0) is 61.4 Å². The van der Waals surface area contributed by atoms with Gasteiger partial charge in [-0.2, -0.15) is 0 Å². The Morgan fingerprint density at radius 2 is 1.78 bits per heavy atom. The smallest absolute Gasteiger partial charge is 0.253 e. The van der Waals surface area contributed by atoms with Crippen molar-refractivity contribution in [1.29, 1.82) is 0 Å². The molecule has 6 heteroatoms. The number of terminal acetylenes is 1. The van der Waals surface area contributed by atoms with Crippen LogP contribution in [0.15, 0.2) is 60.8 Å². The zero-order valence-electron chi connectivity index (χ0n) is 20.3. The number of carbonyl (C=O) groups excluding carboxylic acids is 1. The van der Waals surface area contributed by atoms with E-state index in [1.165, 1.54) is 18.4 Å². The number of nitrogens with zero attached hydrogens (tertiary/aromatic N) is 4. The summed E-state index contributed by atoms with van der Waals surface area (Å²) < 4.78 is 0. The summed E-state index contributed by atoms with van der Waals surface area (Å²) in [5.74, 6) is 4.95. The number of amides is 1. The molecule has 2 saturated heterocycles. The highest BCUT2D eigenvalue weighted by molar-refractivity contribution is 5.95. The average Bonchev–Trinajstić information content (AvgIpc) is 3.63. The number of aromatic nitrogens is 3. The quantitative estimate of drug-likeness (QED) is 0.411. The van der Waals surface area contributed by atoms with Crippen LogP contribution in [0, 0.1) is 12.3 Å². The molecule has 2 aromatic heterocycles. The highest BCUT2D eigenvalue weighted by Gasteiger charge is 2.25. The van der Waals surface area contributed by atoms with E-state index in [1.54, 1.807) is 0 Å². The Hall–Kier alpha value is -4.11. The van der Waals surface area contributed by atoms with Crippen LogP contribution in [0.3, 0.4) is 0 Å². The first-order valence-electron chi connectivity index (χ1n) is 12.7. The second-order valence-electron chi connectivity index (χ2n) is 9.75. The predicted octanol–water partition coefficient (Wildman–Crippen LogP) is 5.23. The number of benzene rings is 2. The number of pyridine rings is 1. The number of likely N-dealkylation sites (tertiary alicyclic amines) is 1. The summed E-state index contributed by atoms with van der Waals surface area (Å²) in [5.41, 5.74) is 5.61. The average molecular weight is 476 g/mol. The molecule has 0 atom stereocenters. The molecule has 0 unspecified atom stereocenters. The lowest BCUT2D eigenvalue weighted by Gasteiger charge is -2.32. The maximum atomic E-state index is 13.3. The number of piperidine rings is 1. The molecular formula is C30H29N5O. The Kier molecular flexibility index (Phi) is 5.90. The zero-order chi connectivity index (χ0) is 24.5. The molecular weight excluding hydrogens is 446 g/mol. The van der Waals surface area contributed by atoms with Crippen LogP contribution in [0.5, 0.6) is 0 Å². The minimum Gasteiger partial charge on any atom is -0.357 e. The molecule has 0 saturated carbocycles. The molecule has 2 aliphatic rings. The first-order valence-corrected chi connectivity index (χ1v) is 12.7. The van der Waals surface area contributed by atoms with Crippen molar-refractivity contribution in [3.63, 3.8) is 0 Å². The second kappa shape index (κ2) is 9.50. The Labute approximate surface area is 211 Å². The van der Waals surface area contributed by atoms with E-state index < -0.39 is 0 Å². The summed E-state index contributed by atoms with van der Waals surface area (Å²) in [6, 6.07) is 18.1. The third kappa shape index (κ3) is 4.33. The number of H-pyrrole nitrogens is 1. The van der Waals surface area contributed by atoms with Crippen molar-refractivity contribution >= 4 is 22.8 Å². The maximum Gasteiger partial charge on any atom is 0.253 e. The van der Waals surface area contributed by atoms with Crippen LogP contribution >= 0.6 is 0 Å². The molecule has 2 aliphatic heterocycles. The van der Waals surface area contributed by atoms with Crippen molar-refractivity contribution in [3.8, 4) is 23.7 Å². The van der Waals surface area contributed by atoms with Crippen molar-refractivity contribution in [2.45, 2.75) is 31.6 Å². The Bertz CT molecular complexity index is 1430. The van der Waals surface area contributed by atoms with Gasteiger partial charge in [0.15, 0.2) is 0 Å². The van der Waals surface area contributed by atoms with Gasteiger partial charge in [0.2, 0.25) is 0 Å². The SMILES string of the molecule is C#Cc1ccc(C2CCN(C(=O)c3cccc(-c4nc5cc(N6CCCC6)ncc5[nH]4)c3)CC2)cc1. The van der Waals surface area contributed by atoms with Crippen LogP contribution in [0.2, 0.25) is 0 Å². The summed E-state index contributed by atoms with van der Waals surface area (Å²) in [5, 5.41) is 0. The first-order chi connectivity index (χ1) is 17.7. The number of anilines is 1. The zero-order valence-corrected chi connectivity index (χ0v) is 20.3. The fourth-order valence-electron chi connectivity index (χ4n) is 5.40. The molecule has 6 nitrogen and oxygen atoms in total. The molecule has 6 rings (SSSR count). The molecule has 2 aromatic carbocycles. The van der Waals surface area contributed by atoms with Gasteiger partial charge in [0.05, 0.1) is 17.2 Å². The fraction of sp³-hybridized carbons (Fsp3) is 0.300. The number of imidazole rings is 1. The number of aromatic amines is 1. The summed E-state index contributed by atoms with van der Waals surface area (Å²) in [6.07, 6.45) is 11.7. The van der Waals surface area contributed by atoms with Crippen LogP contribution in [-0.2, 0) is 0 Å². The molecule has 0 aliphatic carbocycles. The molecule has 1 N–H and O–H groups in total. The van der Waals surface area contributed by atoms with Gasteiger partial charge in [0.25, 0.3) is 5.91 Å². The van der Waals surface area contributed by atoms with Crippen LogP contribution in [0.25, 0.3) is 22.4 Å². The van der Waals surface area contributed by atoms with Crippen molar-refractivity contribution in [3.05, 3.63) is 77.5 Å². The predicted molar refractivity (Wildman–Crippen MR) is 143 cm³/mol. The van der Waals surface area contributed by atoms with E-state index in [1.807, 2.05) is 47.5 Å². The van der Waals surface area contributed by atoms with E-state index in [4.69, 9.17) is 11.4 Å². The van der Waals surface area contributed by atoms with Gasteiger partial charge in [-0.3, -0.25) is 4.79 Å². The summed E-state index contributed by atoms with van der Waals surface area (Å²) >= 11 is 0. The Balaban J connectivity index is 1.16. The van der Waals surface area contributed by atoms with E-state index in [0.717, 1.165) is 72.8 Å². The van der Waals surface area contributed by atoms with Crippen molar-refractivity contribution in [2.24, 2.45) is 0 Å². The normalized spacial score (nSPS) is 16.4. The molecule has 4 aromatic rings. The highest BCUT2D eigenvalue weighted by Crippen LogP contribution is 2.30. The lowest BCUT2D eigenvalue weighted by molar-refractivity contribution is 0.0713. The number of carbonyl (C=O) groups is 1. The van der Waals surface area contributed by atoms with Crippen LogP contribution < -0.4 is 4.90 Å². The third-order valence-corrected chi connectivity index (χ3v) is 7.50. The Morgan fingerprint density at radius 3 is 2.53 bits per heavy atom. The number of hydrogen-bond acceptors (Lipinski definition) is 4. The molecule has 0 radical (unpaired) electrons. The van der Waals surface area contributed by atoms with Crippen molar-refractivity contribution in [1.82, 2.24) is 19.9 Å². The van der Waals surface area contributed by atoms with Gasteiger partial charge < -0.3 is 14.8 Å². The molecule has 4 heterocycles. The van der Waals surface area contributed by atoms with Crippen LogP contribution in [-0.4, -0.2) is 51.9 Å². The van der Waals surface area contributed by atoms with Gasteiger partial charge in [-0.25, -0.2) is 9.97 Å². The lowest BCUT2D eigenvalue weighted by Crippen LogP contribution is -2.37. The van der Waals surface area contributed by atoms with Gasteiger partial charge in [0, 0.05) is 48.9 Å². The van der Waals surface area contributed by atoms with Crippen LogP contribution in [0.4, 0.5) is 5.82 Å².